The number of nitrogens with one attached hydrogen (secondary N) is 1. The van der Waals surface area contributed by atoms with E-state index in [0.29, 0.717) is 28.4 Å². The Morgan fingerprint density at radius 3 is 3.00 bits per heavy atom. The number of hydrogen-bond donors (Lipinski definition) is 2. The molecule has 21 heavy (non-hydrogen) atoms. The topological polar surface area (TPSA) is 101 Å². The first-order chi connectivity index (χ1) is 10.1. The summed E-state index contributed by atoms with van der Waals surface area (Å²) < 4.78 is 1.66. The molecule has 1 atom stereocenters. The Morgan fingerprint density at radius 2 is 2.38 bits per heavy atom. The minimum absolute atomic E-state index is 0.00938. The molecule has 2 aromatic rings. The Balaban J connectivity index is 2.01. The zero-order valence-corrected chi connectivity index (χ0v) is 12.7. The maximum absolute atomic E-state index is 11.7. The van der Waals surface area contributed by atoms with Gasteiger partial charge in [-0.15, -0.1) is 11.3 Å². The molecule has 0 radical (unpaired) electrons. The molecule has 0 bridgehead atoms. The summed E-state index contributed by atoms with van der Waals surface area (Å²) in [4.78, 5) is 38.6. The van der Waals surface area contributed by atoms with Gasteiger partial charge in [0.2, 0.25) is 5.91 Å². The number of hydrogen-bond acceptors (Lipinski definition) is 6. The van der Waals surface area contributed by atoms with E-state index in [1.54, 1.807) is 17.5 Å². The highest BCUT2D eigenvalue weighted by Crippen LogP contribution is 2.24. The SMILES string of the molecule is CCC(NC(=O)CSc1nc2sccn2c1C=O)C(=O)O. The fraction of sp³-hybridized carbons (Fsp3) is 0.333. The van der Waals surface area contributed by atoms with E-state index in [1.165, 1.54) is 11.3 Å². The van der Waals surface area contributed by atoms with Crippen molar-refractivity contribution < 1.29 is 19.5 Å². The first-order valence-electron chi connectivity index (χ1n) is 6.12. The molecule has 7 nitrogen and oxygen atoms in total. The Hall–Kier alpha value is -1.87. The molecule has 2 heterocycles. The second kappa shape index (κ2) is 6.72. The summed E-state index contributed by atoms with van der Waals surface area (Å²) >= 11 is 2.50. The van der Waals surface area contributed by atoms with Crippen molar-refractivity contribution in [3.63, 3.8) is 0 Å². The minimum Gasteiger partial charge on any atom is -0.480 e. The standard InChI is InChI=1S/C12H13N3O4S2/c1-2-7(11(18)19)13-9(17)6-21-10-8(5-16)15-3-4-20-12(15)14-10/h3-5,7H,2,6H2,1H3,(H,13,17)(H,18,19). The number of carbonyl (C=O) groups is 3. The number of nitrogens with zero attached hydrogens (tertiary/aromatic N) is 2. The number of amides is 1. The van der Waals surface area contributed by atoms with Crippen molar-refractivity contribution in [2.45, 2.75) is 24.4 Å². The van der Waals surface area contributed by atoms with Crippen molar-refractivity contribution in [1.82, 2.24) is 14.7 Å². The molecule has 0 aliphatic heterocycles. The van der Waals surface area contributed by atoms with Crippen LogP contribution in [0.1, 0.15) is 23.8 Å². The fourth-order valence-electron chi connectivity index (χ4n) is 1.71. The lowest BCUT2D eigenvalue weighted by Gasteiger charge is -2.11. The monoisotopic (exact) mass is 327 g/mol. The Kier molecular flexibility index (Phi) is 4.97. The zero-order valence-electron chi connectivity index (χ0n) is 11.1. The Morgan fingerprint density at radius 1 is 1.62 bits per heavy atom. The molecule has 1 amide bonds. The highest BCUT2D eigenvalue weighted by atomic mass is 32.2. The molecule has 2 aromatic heterocycles. The average Bonchev–Trinajstić information content (AvgIpc) is 3.01. The van der Waals surface area contributed by atoms with Crippen LogP contribution in [0.3, 0.4) is 0 Å². The smallest absolute Gasteiger partial charge is 0.326 e. The first kappa shape index (κ1) is 15.5. The molecule has 1 unspecified atom stereocenters. The number of aldehydes is 1. The van der Waals surface area contributed by atoms with Gasteiger partial charge < -0.3 is 10.4 Å². The molecular formula is C12H13N3O4S2. The van der Waals surface area contributed by atoms with Crippen LogP contribution in [0, 0.1) is 0 Å². The van der Waals surface area contributed by atoms with Gasteiger partial charge in [0.05, 0.1) is 5.75 Å². The lowest BCUT2D eigenvalue weighted by Crippen LogP contribution is -2.41. The normalized spacial score (nSPS) is 12.2. The minimum atomic E-state index is -1.06. The van der Waals surface area contributed by atoms with Crippen LogP contribution < -0.4 is 5.32 Å². The molecule has 0 saturated heterocycles. The van der Waals surface area contributed by atoms with E-state index in [0.717, 1.165) is 11.8 Å². The molecule has 0 aliphatic carbocycles. The quantitative estimate of drug-likeness (QED) is 0.587. The van der Waals surface area contributed by atoms with E-state index in [9.17, 15) is 14.4 Å². The van der Waals surface area contributed by atoms with E-state index in [4.69, 9.17) is 5.11 Å². The number of imidazole rings is 1. The molecule has 112 valence electrons. The average molecular weight is 327 g/mol. The van der Waals surface area contributed by atoms with Gasteiger partial charge in [0.15, 0.2) is 11.2 Å². The first-order valence-corrected chi connectivity index (χ1v) is 7.99. The van der Waals surface area contributed by atoms with Crippen LogP contribution in [0.4, 0.5) is 0 Å². The van der Waals surface area contributed by atoms with E-state index in [-0.39, 0.29) is 5.75 Å². The second-order valence-electron chi connectivity index (χ2n) is 4.13. The van der Waals surface area contributed by atoms with Crippen LogP contribution in [-0.4, -0.2) is 44.4 Å². The number of aromatic nitrogens is 2. The summed E-state index contributed by atoms with van der Waals surface area (Å²) in [6.07, 6.45) is 2.74. The summed E-state index contributed by atoms with van der Waals surface area (Å²) in [5.41, 5.74) is 0.398. The predicted molar refractivity (Wildman–Crippen MR) is 79.0 cm³/mol. The number of thioether (sulfide) groups is 1. The molecule has 0 spiro atoms. The molecule has 0 fully saturated rings. The number of thiazole rings is 1. The van der Waals surface area contributed by atoms with Crippen molar-refractivity contribution in [1.29, 1.82) is 0 Å². The van der Waals surface area contributed by atoms with Crippen LogP contribution in [0.2, 0.25) is 0 Å². The lowest BCUT2D eigenvalue weighted by molar-refractivity contribution is -0.141. The third kappa shape index (κ3) is 3.42. The Bertz CT molecular complexity index is 679. The number of carboxylic acids is 1. The van der Waals surface area contributed by atoms with Crippen molar-refractivity contribution in [2.75, 3.05) is 5.75 Å². The van der Waals surface area contributed by atoms with E-state index >= 15 is 0 Å². The van der Waals surface area contributed by atoms with E-state index < -0.39 is 17.9 Å². The van der Waals surface area contributed by atoms with Gasteiger partial charge in [-0.25, -0.2) is 9.78 Å². The van der Waals surface area contributed by atoms with Crippen LogP contribution in [0.25, 0.3) is 4.96 Å². The molecular weight excluding hydrogens is 314 g/mol. The summed E-state index contributed by atoms with van der Waals surface area (Å²) in [5.74, 6) is -1.45. The molecule has 0 aliphatic rings. The van der Waals surface area contributed by atoms with Gasteiger partial charge in [-0.2, -0.15) is 0 Å². The summed E-state index contributed by atoms with van der Waals surface area (Å²) in [7, 11) is 0. The maximum Gasteiger partial charge on any atom is 0.326 e. The Labute approximate surface area is 128 Å². The van der Waals surface area contributed by atoms with Gasteiger partial charge in [-0.1, -0.05) is 18.7 Å². The fourth-order valence-corrected chi connectivity index (χ4v) is 3.28. The summed E-state index contributed by atoms with van der Waals surface area (Å²) in [5, 5.41) is 13.6. The number of carboxylic acid groups (broad SMARTS) is 1. The van der Waals surface area contributed by atoms with E-state index in [1.807, 2.05) is 5.38 Å². The van der Waals surface area contributed by atoms with Gasteiger partial charge in [0.25, 0.3) is 0 Å². The summed E-state index contributed by atoms with van der Waals surface area (Å²) in [6.45, 7) is 1.68. The predicted octanol–water partition coefficient (Wildman–Crippen LogP) is 1.28. The van der Waals surface area contributed by atoms with Gasteiger partial charge in [0.1, 0.15) is 16.8 Å². The molecule has 0 saturated carbocycles. The van der Waals surface area contributed by atoms with Crippen LogP contribution in [-0.2, 0) is 9.59 Å². The third-order valence-corrected chi connectivity index (χ3v) is 4.50. The number of aliphatic carboxylic acids is 1. The summed E-state index contributed by atoms with van der Waals surface area (Å²) in [6, 6.07) is -0.894. The molecule has 2 rings (SSSR count). The van der Waals surface area contributed by atoms with Crippen molar-refractivity contribution >= 4 is 46.2 Å². The second-order valence-corrected chi connectivity index (χ2v) is 5.97. The van der Waals surface area contributed by atoms with Gasteiger partial charge in [-0.3, -0.25) is 14.0 Å². The van der Waals surface area contributed by atoms with Crippen molar-refractivity contribution in [2.24, 2.45) is 0 Å². The van der Waals surface area contributed by atoms with Crippen molar-refractivity contribution in [3.05, 3.63) is 17.3 Å². The largest absolute Gasteiger partial charge is 0.480 e. The number of carbonyl (C=O) groups excluding carboxylic acids is 2. The van der Waals surface area contributed by atoms with Gasteiger partial charge in [-0.05, 0) is 6.42 Å². The maximum atomic E-state index is 11.7. The van der Waals surface area contributed by atoms with Crippen LogP contribution >= 0.6 is 23.1 Å². The van der Waals surface area contributed by atoms with Gasteiger partial charge >= 0.3 is 5.97 Å². The highest BCUT2D eigenvalue weighted by Gasteiger charge is 2.19. The van der Waals surface area contributed by atoms with Crippen LogP contribution in [0.5, 0.6) is 0 Å². The number of fused-ring (bicyclic) bond motifs is 1. The van der Waals surface area contributed by atoms with Crippen molar-refractivity contribution in [3.8, 4) is 0 Å². The van der Waals surface area contributed by atoms with Gasteiger partial charge in [0, 0.05) is 11.6 Å². The molecule has 0 aromatic carbocycles. The third-order valence-electron chi connectivity index (χ3n) is 2.76. The molecule has 9 heteroatoms. The highest BCUT2D eigenvalue weighted by molar-refractivity contribution is 8.00. The molecule has 2 N–H and O–H groups in total. The van der Waals surface area contributed by atoms with E-state index in [2.05, 4.69) is 10.3 Å². The number of rotatable bonds is 7. The van der Waals surface area contributed by atoms with Crippen LogP contribution in [0.15, 0.2) is 16.6 Å². The zero-order chi connectivity index (χ0) is 15.4. The lowest BCUT2D eigenvalue weighted by atomic mass is 10.2.